The second kappa shape index (κ2) is 6.43. The van der Waals surface area contributed by atoms with Crippen LogP contribution in [0.25, 0.3) is 0 Å². The number of amides is 1. The molecule has 1 fully saturated rings. The van der Waals surface area contributed by atoms with Gasteiger partial charge in [0.15, 0.2) is 18.1 Å². The summed E-state index contributed by atoms with van der Waals surface area (Å²) in [6.45, 7) is 1.41. The molecular weight excluding hydrogens is 244 g/mol. The Morgan fingerprint density at radius 1 is 1.42 bits per heavy atom. The number of carbonyl (C=O) groups excluding carboxylic acids is 1. The lowest BCUT2D eigenvalue weighted by Gasteiger charge is -2.30. The summed E-state index contributed by atoms with van der Waals surface area (Å²) < 4.78 is 10.7. The number of carbonyl (C=O) groups is 1. The Kier molecular flexibility index (Phi) is 4.63. The van der Waals surface area contributed by atoms with Crippen molar-refractivity contribution in [2.45, 2.75) is 18.9 Å². The quantitative estimate of drug-likeness (QED) is 0.882. The molecule has 19 heavy (non-hydrogen) atoms. The van der Waals surface area contributed by atoms with Gasteiger partial charge >= 0.3 is 0 Å². The van der Waals surface area contributed by atoms with Gasteiger partial charge in [-0.25, -0.2) is 0 Å². The molecule has 5 nitrogen and oxygen atoms in total. The second-order valence-corrected chi connectivity index (χ2v) is 4.68. The fourth-order valence-electron chi connectivity index (χ4n) is 2.21. The summed E-state index contributed by atoms with van der Waals surface area (Å²) in [6.07, 6.45) is 1.94. The molecule has 1 atom stereocenters. The zero-order valence-electron chi connectivity index (χ0n) is 11.2. The van der Waals surface area contributed by atoms with E-state index in [2.05, 4.69) is 0 Å². The first kappa shape index (κ1) is 13.7. The number of nitrogens with two attached hydrogens (primary N) is 1. The molecule has 0 aliphatic carbocycles. The average Bonchev–Trinajstić information content (AvgIpc) is 2.45. The highest BCUT2D eigenvalue weighted by Gasteiger charge is 2.21. The Hall–Kier alpha value is -1.75. The summed E-state index contributed by atoms with van der Waals surface area (Å²) in [5, 5.41) is 0. The molecule has 2 N–H and O–H groups in total. The van der Waals surface area contributed by atoms with E-state index >= 15 is 0 Å². The van der Waals surface area contributed by atoms with Crippen LogP contribution in [0.4, 0.5) is 0 Å². The highest BCUT2D eigenvalue weighted by Crippen LogP contribution is 2.25. The molecular formula is C14H20N2O3. The summed E-state index contributed by atoms with van der Waals surface area (Å²) in [4.78, 5) is 13.8. The van der Waals surface area contributed by atoms with Gasteiger partial charge in [0.2, 0.25) is 0 Å². The number of hydrogen-bond donors (Lipinski definition) is 1. The standard InChI is InChI=1S/C14H20N2O3/c1-18-12-6-2-3-7-13(12)19-10-14(17)16-8-4-5-11(15)9-16/h2-3,6-7,11H,4-5,8-10,15H2,1H3. The van der Waals surface area contributed by atoms with E-state index in [9.17, 15) is 4.79 Å². The predicted molar refractivity (Wildman–Crippen MR) is 72.3 cm³/mol. The number of hydrogen-bond acceptors (Lipinski definition) is 4. The van der Waals surface area contributed by atoms with Gasteiger partial charge in [0, 0.05) is 19.1 Å². The van der Waals surface area contributed by atoms with E-state index in [1.807, 2.05) is 12.1 Å². The fourth-order valence-corrected chi connectivity index (χ4v) is 2.21. The van der Waals surface area contributed by atoms with Crippen molar-refractivity contribution in [1.29, 1.82) is 0 Å². The molecule has 1 unspecified atom stereocenters. The third kappa shape index (κ3) is 3.61. The van der Waals surface area contributed by atoms with Gasteiger partial charge in [-0.2, -0.15) is 0 Å². The summed E-state index contributed by atoms with van der Waals surface area (Å²) in [6, 6.07) is 7.38. The number of piperidine rings is 1. The Labute approximate surface area is 113 Å². The topological polar surface area (TPSA) is 64.8 Å². The third-order valence-electron chi connectivity index (χ3n) is 3.23. The van der Waals surface area contributed by atoms with Crippen molar-refractivity contribution >= 4 is 5.91 Å². The maximum Gasteiger partial charge on any atom is 0.260 e. The molecule has 0 radical (unpaired) electrons. The van der Waals surface area contributed by atoms with E-state index in [1.165, 1.54) is 0 Å². The Bertz CT molecular complexity index is 436. The van der Waals surface area contributed by atoms with Crippen molar-refractivity contribution < 1.29 is 14.3 Å². The zero-order valence-corrected chi connectivity index (χ0v) is 11.2. The van der Waals surface area contributed by atoms with Crippen LogP contribution in [0.1, 0.15) is 12.8 Å². The van der Waals surface area contributed by atoms with Crippen molar-refractivity contribution in [1.82, 2.24) is 4.90 Å². The van der Waals surface area contributed by atoms with Crippen molar-refractivity contribution in [3.8, 4) is 11.5 Å². The summed E-state index contributed by atoms with van der Waals surface area (Å²) in [5.41, 5.74) is 5.86. The average molecular weight is 264 g/mol. The van der Waals surface area contributed by atoms with Crippen LogP contribution in [0.2, 0.25) is 0 Å². The summed E-state index contributed by atoms with van der Waals surface area (Å²) in [7, 11) is 1.58. The Morgan fingerprint density at radius 3 is 2.84 bits per heavy atom. The van der Waals surface area contributed by atoms with E-state index in [4.69, 9.17) is 15.2 Å². The van der Waals surface area contributed by atoms with Crippen LogP contribution in [-0.2, 0) is 4.79 Å². The lowest BCUT2D eigenvalue weighted by molar-refractivity contribution is -0.134. The van der Waals surface area contributed by atoms with Crippen molar-refractivity contribution in [2.75, 3.05) is 26.8 Å². The van der Waals surface area contributed by atoms with Crippen LogP contribution < -0.4 is 15.2 Å². The van der Waals surface area contributed by atoms with Gasteiger partial charge in [0.1, 0.15) is 0 Å². The predicted octanol–water partition coefficient (Wildman–Crippen LogP) is 1.02. The smallest absolute Gasteiger partial charge is 0.260 e. The number of benzene rings is 1. The third-order valence-corrected chi connectivity index (χ3v) is 3.23. The molecule has 5 heteroatoms. The van der Waals surface area contributed by atoms with Gasteiger partial charge in [-0.15, -0.1) is 0 Å². The van der Waals surface area contributed by atoms with Gasteiger partial charge in [0.25, 0.3) is 5.91 Å². The van der Waals surface area contributed by atoms with E-state index < -0.39 is 0 Å². The normalized spacial score (nSPS) is 19.1. The molecule has 1 aliphatic heterocycles. The van der Waals surface area contributed by atoms with Crippen LogP contribution in [0.3, 0.4) is 0 Å². The van der Waals surface area contributed by atoms with Crippen LogP contribution in [0.5, 0.6) is 11.5 Å². The van der Waals surface area contributed by atoms with E-state index in [0.717, 1.165) is 19.4 Å². The minimum atomic E-state index is -0.0268. The van der Waals surface area contributed by atoms with Gasteiger partial charge < -0.3 is 20.1 Å². The molecule has 1 aliphatic rings. The molecule has 2 rings (SSSR count). The lowest BCUT2D eigenvalue weighted by Crippen LogP contribution is -2.47. The first-order valence-electron chi connectivity index (χ1n) is 6.50. The second-order valence-electron chi connectivity index (χ2n) is 4.68. The van der Waals surface area contributed by atoms with Gasteiger partial charge in [-0.1, -0.05) is 12.1 Å². The Balaban J connectivity index is 1.89. The summed E-state index contributed by atoms with van der Waals surface area (Å²) >= 11 is 0. The first-order chi connectivity index (χ1) is 9.20. The maximum atomic E-state index is 12.0. The number of para-hydroxylation sites is 2. The monoisotopic (exact) mass is 264 g/mol. The number of likely N-dealkylation sites (tertiary alicyclic amines) is 1. The number of methoxy groups -OCH3 is 1. The van der Waals surface area contributed by atoms with Crippen LogP contribution in [0, 0.1) is 0 Å². The molecule has 0 bridgehead atoms. The Morgan fingerprint density at radius 2 is 2.16 bits per heavy atom. The van der Waals surface area contributed by atoms with Gasteiger partial charge in [-0.05, 0) is 25.0 Å². The molecule has 1 saturated heterocycles. The van der Waals surface area contributed by atoms with Crippen molar-refractivity contribution in [3.63, 3.8) is 0 Å². The largest absolute Gasteiger partial charge is 0.493 e. The van der Waals surface area contributed by atoms with Crippen LogP contribution in [-0.4, -0.2) is 43.7 Å². The lowest BCUT2D eigenvalue weighted by atomic mass is 10.1. The maximum absolute atomic E-state index is 12.0. The molecule has 1 amide bonds. The molecule has 1 heterocycles. The minimum absolute atomic E-state index is 0.0209. The molecule has 0 saturated carbocycles. The van der Waals surface area contributed by atoms with E-state index in [-0.39, 0.29) is 18.6 Å². The van der Waals surface area contributed by atoms with Crippen LogP contribution in [0.15, 0.2) is 24.3 Å². The van der Waals surface area contributed by atoms with Crippen molar-refractivity contribution in [3.05, 3.63) is 24.3 Å². The molecule has 1 aromatic rings. The fraction of sp³-hybridized carbons (Fsp3) is 0.500. The number of ether oxygens (including phenoxy) is 2. The SMILES string of the molecule is COc1ccccc1OCC(=O)N1CCCC(N)C1. The molecule has 0 aromatic heterocycles. The van der Waals surface area contributed by atoms with E-state index in [1.54, 1.807) is 24.1 Å². The van der Waals surface area contributed by atoms with Crippen LogP contribution >= 0.6 is 0 Å². The highest BCUT2D eigenvalue weighted by atomic mass is 16.5. The minimum Gasteiger partial charge on any atom is -0.493 e. The van der Waals surface area contributed by atoms with Crippen molar-refractivity contribution in [2.24, 2.45) is 5.73 Å². The first-order valence-corrected chi connectivity index (χ1v) is 6.50. The number of nitrogens with zero attached hydrogens (tertiary/aromatic N) is 1. The molecule has 104 valence electrons. The highest BCUT2D eigenvalue weighted by molar-refractivity contribution is 5.78. The number of rotatable bonds is 4. The van der Waals surface area contributed by atoms with Gasteiger partial charge in [-0.3, -0.25) is 4.79 Å². The van der Waals surface area contributed by atoms with E-state index in [0.29, 0.717) is 18.0 Å². The molecule has 1 aromatic carbocycles. The molecule has 0 spiro atoms. The zero-order chi connectivity index (χ0) is 13.7. The van der Waals surface area contributed by atoms with Gasteiger partial charge in [0.05, 0.1) is 7.11 Å². The summed E-state index contributed by atoms with van der Waals surface area (Å²) in [5.74, 6) is 1.19.